The van der Waals surface area contributed by atoms with Crippen molar-refractivity contribution < 1.29 is 39.5 Å². The number of carboxylic acids is 1. The highest BCUT2D eigenvalue weighted by atomic mass is 16.6. The molecule has 2 aliphatic heterocycles. The lowest BCUT2D eigenvalue weighted by Crippen LogP contribution is -2.55. The highest BCUT2D eigenvalue weighted by Crippen LogP contribution is 2.48. The van der Waals surface area contributed by atoms with Crippen molar-refractivity contribution >= 4 is 11.8 Å². The zero-order chi connectivity index (χ0) is 31.6. The number of hydrogen-bond acceptors (Lipinski definition) is 7. The van der Waals surface area contributed by atoms with Crippen LogP contribution in [0.3, 0.4) is 0 Å². The summed E-state index contributed by atoms with van der Waals surface area (Å²) in [5.74, 6) is -2.55. The molecule has 238 valence electrons. The van der Waals surface area contributed by atoms with E-state index >= 15 is 0 Å². The van der Waals surface area contributed by atoms with Crippen molar-refractivity contribution in [2.75, 3.05) is 0 Å². The van der Waals surface area contributed by atoms with E-state index in [0.29, 0.717) is 49.7 Å². The molecule has 3 rings (SSSR count). The van der Waals surface area contributed by atoms with Crippen molar-refractivity contribution in [3.63, 3.8) is 0 Å². The predicted molar refractivity (Wildman–Crippen MR) is 162 cm³/mol. The fourth-order valence-electron chi connectivity index (χ4n) is 7.45. The number of aliphatic hydroxyl groups is 2. The van der Waals surface area contributed by atoms with E-state index in [2.05, 4.69) is 13.8 Å². The number of benzene rings is 1. The third-order valence-corrected chi connectivity index (χ3v) is 10.7. The first-order chi connectivity index (χ1) is 19.7. The normalized spacial score (nSPS) is 32.7. The Morgan fingerprint density at radius 2 is 1.79 bits per heavy atom. The molecule has 2 aliphatic rings. The molecule has 1 aromatic carbocycles. The van der Waals surface area contributed by atoms with Crippen molar-refractivity contribution in [2.45, 2.75) is 142 Å². The van der Waals surface area contributed by atoms with Crippen molar-refractivity contribution in [3.05, 3.63) is 28.8 Å². The molecule has 1 unspecified atom stereocenters. The van der Waals surface area contributed by atoms with E-state index in [1.807, 2.05) is 27.7 Å². The summed E-state index contributed by atoms with van der Waals surface area (Å²) >= 11 is 0. The van der Waals surface area contributed by atoms with Gasteiger partial charge < -0.3 is 29.9 Å². The van der Waals surface area contributed by atoms with E-state index in [-0.39, 0.29) is 53.2 Å². The van der Waals surface area contributed by atoms with Crippen LogP contribution in [0.2, 0.25) is 0 Å². The Labute approximate surface area is 251 Å². The van der Waals surface area contributed by atoms with Gasteiger partial charge in [-0.05, 0) is 88.2 Å². The van der Waals surface area contributed by atoms with Gasteiger partial charge in [0.05, 0.1) is 35.6 Å². The number of ether oxygens (including phenoxy) is 2. The van der Waals surface area contributed by atoms with Crippen LogP contribution in [0.5, 0.6) is 5.75 Å². The number of carboxylic acid groups (broad SMARTS) is 1. The molecule has 0 aromatic heterocycles. The van der Waals surface area contributed by atoms with Crippen molar-refractivity contribution in [1.29, 1.82) is 0 Å². The number of aryl methyl sites for hydroxylation is 2. The van der Waals surface area contributed by atoms with Crippen LogP contribution in [0, 0.1) is 30.6 Å². The fourth-order valence-corrected chi connectivity index (χ4v) is 7.45. The maximum atomic E-state index is 13.9. The monoisotopic (exact) mass is 590 g/mol. The van der Waals surface area contributed by atoms with Crippen LogP contribution in [-0.2, 0) is 20.7 Å². The Balaban J connectivity index is 1.69. The standard InChI is InChI=1S/C34H54O8/c1-9-25(31-21(6)18-34(11-3,42-31)26-16-17-33(40,10-2)23(8)41-26)30(37)22(7)28(35)19(4)12-14-24-15-13-20(5)29(36)27(24)32(38)39/h13,15,19,21-23,25-26,28,31,35-36,40H,9-12,14,16-18H2,1-8H3,(H,38,39)/t19-,21+,22+,23+,25+,26?,28+,31+,33-,34+/m1/s1. The Morgan fingerprint density at radius 3 is 2.33 bits per heavy atom. The minimum absolute atomic E-state index is 0.0157. The van der Waals surface area contributed by atoms with Crippen LogP contribution >= 0.6 is 0 Å². The Kier molecular flexibility index (Phi) is 11.3. The summed E-state index contributed by atoms with van der Waals surface area (Å²) in [6.07, 6.45) is 3.34. The molecule has 2 heterocycles. The highest BCUT2D eigenvalue weighted by Gasteiger charge is 2.55. The third-order valence-electron chi connectivity index (χ3n) is 10.7. The zero-order valence-corrected chi connectivity index (χ0v) is 26.9. The average molecular weight is 591 g/mol. The van der Waals surface area contributed by atoms with Crippen molar-refractivity contribution in [3.8, 4) is 5.75 Å². The van der Waals surface area contributed by atoms with Crippen LogP contribution in [0.25, 0.3) is 0 Å². The lowest BCUT2D eigenvalue weighted by molar-refractivity contribution is -0.229. The average Bonchev–Trinajstić information content (AvgIpc) is 3.31. The molecule has 8 nitrogen and oxygen atoms in total. The molecule has 42 heavy (non-hydrogen) atoms. The first-order valence-corrected chi connectivity index (χ1v) is 16.0. The highest BCUT2D eigenvalue weighted by molar-refractivity contribution is 5.93. The molecular weight excluding hydrogens is 536 g/mol. The predicted octanol–water partition coefficient (Wildman–Crippen LogP) is 5.84. The summed E-state index contributed by atoms with van der Waals surface area (Å²) in [7, 11) is 0. The zero-order valence-electron chi connectivity index (χ0n) is 26.9. The van der Waals surface area contributed by atoms with Gasteiger partial charge in [0.1, 0.15) is 17.1 Å². The summed E-state index contributed by atoms with van der Waals surface area (Å²) in [6, 6.07) is 3.40. The fraction of sp³-hybridized carbons (Fsp3) is 0.765. The molecular formula is C34H54O8. The van der Waals surface area contributed by atoms with E-state index in [4.69, 9.17) is 9.47 Å². The Morgan fingerprint density at radius 1 is 1.12 bits per heavy atom. The Bertz CT molecular complexity index is 1100. The van der Waals surface area contributed by atoms with Gasteiger partial charge in [0.2, 0.25) is 0 Å². The number of carbonyl (C=O) groups excluding carboxylic acids is 1. The van der Waals surface area contributed by atoms with Crippen LogP contribution in [0.15, 0.2) is 12.1 Å². The minimum atomic E-state index is -1.18. The summed E-state index contributed by atoms with van der Waals surface area (Å²) < 4.78 is 13.2. The number of aromatic carboxylic acids is 1. The lowest BCUT2D eigenvalue weighted by Gasteiger charge is -2.47. The van der Waals surface area contributed by atoms with Crippen molar-refractivity contribution in [1.82, 2.24) is 0 Å². The molecule has 10 atom stereocenters. The number of aliphatic hydroxyl groups excluding tert-OH is 1. The van der Waals surface area contributed by atoms with Crippen LogP contribution < -0.4 is 0 Å². The second kappa shape index (κ2) is 13.7. The maximum absolute atomic E-state index is 13.9. The van der Waals surface area contributed by atoms with Gasteiger partial charge in [-0.3, -0.25) is 4.79 Å². The molecule has 2 fully saturated rings. The van der Waals surface area contributed by atoms with Gasteiger partial charge in [-0.1, -0.05) is 53.7 Å². The first kappa shape index (κ1) is 34.5. The molecule has 0 saturated carbocycles. The number of aromatic hydroxyl groups is 1. The molecule has 0 radical (unpaired) electrons. The second-order valence-electron chi connectivity index (χ2n) is 13.2. The number of phenols is 1. The number of rotatable bonds is 13. The molecule has 4 N–H and O–H groups in total. The van der Waals surface area contributed by atoms with E-state index in [1.165, 1.54) is 0 Å². The first-order valence-electron chi connectivity index (χ1n) is 16.0. The molecule has 2 saturated heterocycles. The minimum Gasteiger partial charge on any atom is -0.507 e. The van der Waals surface area contributed by atoms with Gasteiger partial charge in [-0.15, -0.1) is 0 Å². The second-order valence-corrected chi connectivity index (χ2v) is 13.2. The number of carbonyl (C=O) groups is 2. The quantitative estimate of drug-likeness (QED) is 0.225. The number of Topliss-reactive ketones (excluding diaryl/α,β-unsaturated/α-hetero) is 1. The van der Waals surface area contributed by atoms with Gasteiger partial charge >= 0.3 is 5.97 Å². The van der Waals surface area contributed by atoms with Gasteiger partial charge in [0, 0.05) is 11.8 Å². The smallest absolute Gasteiger partial charge is 0.339 e. The SMILES string of the molecule is CC[C@@H](C(=O)[C@@H](C)[C@@H](O)[C@H](C)CCc1ccc(C)c(O)c1C(=O)O)[C@H]1O[C@](CC)(C2CC[C@](O)(CC)[C@H](C)O2)C[C@@H]1C. The number of hydrogen-bond donors (Lipinski definition) is 4. The third kappa shape index (κ3) is 6.72. The maximum Gasteiger partial charge on any atom is 0.339 e. The van der Waals surface area contributed by atoms with Crippen molar-refractivity contribution in [2.24, 2.45) is 23.7 Å². The van der Waals surface area contributed by atoms with Gasteiger partial charge in [-0.25, -0.2) is 4.79 Å². The topological polar surface area (TPSA) is 134 Å². The molecule has 0 spiro atoms. The van der Waals surface area contributed by atoms with E-state index in [9.17, 15) is 30.0 Å². The van der Waals surface area contributed by atoms with Crippen LogP contribution in [0.4, 0.5) is 0 Å². The van der Waals surface area contributed by atoms with Gasteiger partial charge in [0.25, 0.3) is 0 Å². The summed E-state index contributed by atoms with van der Waals surface area (Å²) in [4.78, 5) is 25.7. The summed E-state index contributed by atoms with van der Waals surface area (Å²) in [5, 5.41) is 42.1. The summed E-state index contributed by atoms with van der Waals surface area (Å²) in [5.41, 5.74) is -0.437. The Hall–Kier alpha value is -2.00. The molecule has 0 amide bonds. The van der Waals surface area contributed by atoms with Gasteiger partial charge in [0.15, 0.2) is 0 Å². The lowest BCUT2D eigenvalue weighted by atomic mass is 9.76. The molecule has 1 aromatic rings. The largest absolute Gasteiger partial charge is 0.507 e. The molecule has 0 bridgehead atoms. The molecule has 8 heteroatoms. The van der Waals surface area contributed by atoms with Crippen LogP contribution in [0.1, 0.15) is 115 Å². The van der Waals surface area contributed by atoms with Gasteiger partial charge in [-0.2, -0.15) is 0 Å². The molecule has 0 aliphatic carbocycles. The van der Waals surface area contributed by atoms with Crippen LogP contribution in [-0.4, -0.2) is 67.8 Å². The van der Waals surface area contributed by atoms with E-state index in [1.54, 1.807) is 26.0 Å². The van der Waals surface area contributed by atoms with E-state index < -0.39 is 29.2 Å². The number of ketones is 1. The summed E-state index contributed by atoms with van der Waals surface area (Å²) in [6.45, 7) is 15.4. The van der Waals surface area contributed by atoms with E-state index in [0.717, 1.165) is 12.8 Å².